The van der Waals surface area contributed by atoms with Crippen LogP contribution in [0.5, 0.6) is 0 Å². The van der Waals surface area contributed by atoms with E-state index in [1.165, 1.54) is 13.0 Å². The van der Waals surface area contributed by atoms with Crippen molar-refractivity contribution < 1.29 is 9.18 Å². The first-order valence-corrected chi connectivity index (χ1v) is 3.87. The Labute approximate surface area is 76.1 Å². The van der Waals surface area contributed by atoms with Crippen LogP contribution < -0.4 is 5.32 Å². The zero-order valence-corrected chi connectivity index (χ0v) is 7.25. The van der Waals surface area contributed by atoms with E-state index in [1.54, 1.807) is 24.3 Å². The van der Waals surface area contributed by atoms with Crippen LogP contribution in [0.15, 0.2) is 30.6 Å². The van der Waals surface area contributed by atoms with Gasteiger partial charge in [0.2, 0.25) is 5.91 Å². The molecule has 0 aliphatic carbocycles. The van der Waals surface area contributed by atoms with E-state index in [-0.39, 0.29) is 5.91 Å². The van der Waals surface area contributed by atoms with Gasteiger partial charge in [-0.05, 0) is 23.8 Å². The lowest BCUT2D eigenvalue weighted by Crippen LogP contribution is -2.05. The molecular weight excluding hydrogens is 169 g/mol. The number of benzene rings is 1. The molecule has 1 aromatic carbocycles. The van der Waals surface area contributed by atoms with E-state index in [2.05, 4.69) is 5.32 Å². The Morgan fingerprint density at radius 1 is 1.38 bits per heavy atom. The minimum absolute atomic E-state index is 0.117. The molecule has 0 aliphatic rings. The fourth-order valence-corrected chi connectivity index (χ4v) is 0.954. The number of amides is 1. The monoisotopic (exact) mass is 179 g/mol. The third kappa shape index (κ3) is 3.07. The van der Waals surface area contributed by atoms with Crippen molar-refractivity contribution in [3.05, 3.63) is 36.2 Å². The third-order valence-electron chi connectivity index (χ3n) is 1.49. The molecule has 0 saturated carbocycles. The number of halogens is 1. The largest absolute Gasteiger partial charge is 0.326 e. The van der Waals surface area contributed by atoms with Gasteiger partial charge in [0.25, 0.3) is 0 Å². The summed E-state index contributed by atoms with van der Waals surface area (Å²) in [6.07, 6.45) is 1.82. The van der Waals surface area contributed by atoms with Crippen molar-refractivity contribution in [3.8, 4) is 0 Å². The number of rotatable bonds is 2. The molecule has 1 aromatic rings. The number of nitrogens with one attached hydrogen (secondary N) is 1. The lowest BCUT2D eigenvalue weighted by molar-refractivity contribution is -0.114. The lowest BCUT2D eigenvalue weighted by atomic mass is 10.2. The number of hydrogen-bond acceptors (Lipinski definition) is 1. The molecule has 0 bridgehead atoms. The summed E-state index contributed by atoms with van der Waals surface area (Å²) in [6.45, 7) is 1.44. The summed E-state index contributed by atoms with van der Waals surface area (Å²) in [6, 6.07) is 6.89. The summed E-state index contributed by atoms with van der Waals surface area (Å²) in [5.41, 5.74) is 1.47. The molecule has 13 heavy (non-hydrogen) atoms. The number of anilines is 1. The van der Waals surface area contributed by atoms with Gasteiger partial charge in [0.15, 0.2) is 0 Å². The molecule has 0 unspecified atom stereocenters. The van der Waals surface area contributed by atoms with Crippen molar-refractivity contribution in [1.29, 1.82) is 0 Å². The van der Waals surface area contributed by atoms with Gasteiger partial charge in [-0.25, -0.2) is 4.39 Å². The first-order chi connectivity index (χ1) is 6.22. The maximum absolute atomic E-state index is 11.7. The molecule has 1 N–H and O–H groups in total. The molecule has 1 amide bonds. The van der Waals surface area contributed by atoms with Gasteiger partial charge in [0.05, 0.1) is 6.33 Å². The second-order valence-electron chi connectivity index (χ2n) is 2.60. The standard InChI is InChI=1S/C10H10FNO/c1-8(13)12-10-4-2-9(3-5-10)6-7-11/h2-7H,1H3,(H,12,13)/b7-6+. The zero-order valence-electron chi connectivity index (χ0n) is 7.25. The molecule has 0 heterocycles. The highest BCUT2D eigenvalue weighted by atomic mass is 19.1. The molecule has 2 nitrogen and oxygen atoms in total. The summed E-state index contributed by atoms with van der Waals surface area (Å²) in [5, 5.41) is 2.62. The van der Waals surface area contributed by atoms with Crippen LogP contribution in [0, 0.1) is 0 Å². The quantitative estimate of drug-likeness (QED) is 0.742. The number of hydrogen-bond donors (Lipinski definition) is 1. The highest BCUT2D eigenvalue weighted by Crippen LogP contribution is 2.10. The smallest absolute Gasteiger partial charge is 0.221 e. The van der Waals surface area contributed by atoms with Crippen LogP contribution in [0.25, 0.3) is 6.08 Å². The topological polar surface area (TPSA) is 29.1 Å². The summed E-state index contributed by atoms with van der Waals surface area (Å²) in [5.74, 6) is -0.117. The van der Waals surface area contributed by atoms with Crippen molar-refractivity contribution in [2.45, 2.75) is 6.92 Å². The summed E-state index contributed by atoms with van der Waals surface area (Å²) in [7, 11) is 0. The Hall–Kier alpha value is -1.64. The molecule has 3 heteroatoms. The molecule has 0 aromatic heterocycles. The zero-order chi connectivity index (χ0) is 9.68. The molecule has 0 aliphatic heterocycles. The first-order valence-electron chi connectivity index (χ1n) is 3.87. The first kappa shape index (κ1) is 9.45. The van der Waals surface area contributed by atoms with Gasteiger partial charge < -0.3 is 5.32 Å². The van der Waals surface area contributed by atoms with Gasteiger partial charge in [-0.15, -0.1) is 0 Å². The minimum Gasteiger partial charge on any atom is -0.326 e. The third-order valence-corrected chi connectivity index (χ3v) is 1.49. The van der Waals surface area contributed by atoms with Crippen LogP contribution in [-0.4, -0.2) is 5.91 Å². The van der Waals surface area contributed by atoms with Gasteiger partial charge in [-0.1, -0.05) is 12.1 Å². The van der Waals surface area contributed by atoms with Crippen molar-refractivity contribution >= 4 is 17.7 Å². The molecule has 0 saturated heterocycles. The molecular formula is C10H10FNO. The fourth-order valence-electron chi connectivity index (χ4n) is 0.954. The average molecular weight is 179 g/mol. The van der Waals surface area contributed by atoms with Gasteiger partial charge in [-0.2, -0.15) is 0 Å². The maximum atomic E-state index is 11.7. The van der Waals surface area contributed by atoms with Gasteiger partial charge in [-0.3, -0.25) is 4.79 Å². The van der Waals surface area contributed by atoms with Gasteiger partial charge in [0, 0.05) is 12.6 Å². The van der Waals surface area contributed by atoms with Crippen molar-refractivity contribution in [3.63, 3.8) is 0 Å². The van der Waals surface area contributed by atoms with Crippen LogP contribution in [0.4, 0.5) is 10.1 Å². The second-order valence-corrected chi connectivity index (χ2v) is 2.60. The number of carbonyl (C=O) groups excluding carboxylic acids is 1. The van der Waals surface area contributed by atoms with Crippen molar-refractivity contribution in [2.75, 3.05) is 5.32 Å². The number of carbonyl (C=O) groups is 1. The van der Waals surface area contributed by atoms with Crippen LogP contribution in [0.1, 0.15) is 12.5 Å². The maximum Gasteiger partial charge on any atom is 0.221 e. The van der Waals surface area contributed by atoms with Gasteiger partial charge >= 0.3 is 0 Å². The molecule has 68 valence electrons. The van der Waals surface area contributed by atoms with E-state index in [9.17, 15) is 9.18 Å². The SMILES string of the molecule is CC(=O)Nc1ccc(/C=C/F)cc1. The predicted octanol–water partition coefficient (Wildman–Crippen LogP) is 2.59. The average Bonchev–Trinajstić information content (AvgIpc) is 2.08. The highest BCUT2D eigenvalue weighted by molar-refractivity contribution is 5.88. The molecule has 0 atom stereocenters. The molecule has 0 fully saturated rings. The predicted molar refractivity (Wildman–Crippen MR) is 50.9 cm³/mol. The van der Waals surface area contributed by atoms with E-state index in [1.807, 2.05) is 0 Å². The summed E-state index contributed by atoms with van der Waals surface area (Å²) in [4.78, 5) is 10.6. The van der Waals surface area contributed by atoms with Crippen LogP contribution >= 0.6 is 0 Å². The van der Waals surface area contributed by atoms with E-state index in [0.29, 0.717) is 12.0 Å². The van der Waals surface area contributed by atoms with E-state index >= 15 is 0 Å². The van der Waals surface area contributed by atoms with Crippen molar-refractivity contribution in [2.24, 2.45) is 0 Å². The Bertz CT molecular complexity index is 316. The normalized spacial score (nSPS) is 10.3. The Balaban J connectivity index is 2.75. The summed E-state index contributed by atoms with van der Waals surface area (Å²) >= 11 is 0. The summed E-state index contributed by atoms with van der Waals surface area (Å²) < 4.78 is 11.7. The van der Waals surface area contributed by atoms with E-state index < -0.39 is 0 Å². The Morgan fingerprint density at radius 3 is 2.46 bits per heavy atom. The van der Waals surface area contributed by atoms with E-state index in [0.717, 1.165) is 5.56 Å². The van der Waals surface area contributed by atoms with Gasteiger partial charge in [0.1, 0.15) is 0 Å². The Kier molecular flexibility index (Phi) is 3.20. The van der Waals surface area contributed by atoms with Crippen LogP contribution in [0.3, 0.4) is 0 Å². The molecule has 0 radical (unpaired) electrons. The van der Waals surface area contributed by atoms with E-state index in [4.69, 9.17) is 0 Å². The second kappa shape index (κ2) is 4.40. The fraction of sp³-hybridized carbons (Fsp3) is 0.100. The molecule has 1 rings (SSSR count). The Morgan fingerprint density at radius 2 is 2.00 bits per heavy atom. The minimum atomic E-state index is -0.117. The van der Waals surface area contributed by atoms with Crippen LogP contribution in [0.2, 0.25) is 0 Å². The lowest BCUT2D eigenvalue weighted by Gasteiger charge is -2.00. The van der Waals surface area contributed by atoms with Crippen LogP contribution in [-0.2, 0) is 4.79 Å². The molecule has 0 spiro atoms. The highest BCUT2D eigenvalue weighted by Gasteiger charge is 1.93. The van der Waals surface area contributed by atoms with Crippen molar-refractivity contribution in [1.82, 2.24) is 0 Å².